The van der Waals surface area contributed by atoms with E-state index in [2.05, 4.69) is 0 Å². The van der Waals surface area contributed by atoms with Crippen molar-refractivity contribution in [2.45, 2.75) is 0 Å². The van der Waals surface area contributed by atoms with Crippen LogP contribution in [-0.4, -0.2) is 0 Å². The minimum atomic E-state index is 2.00. The van der Waals surface area contributed by atoms with Crippen molar-refractivity contribution in [3.8, 4) is 0 Å². The molecular weight excluding hydrogens is 168 g/mol. The van der Waals surface area contributed by atoms with Crippen LogP contribution < -0.4 is 0 Å². The Kier molecular flexibility index (Phi) is 5.72. The minimum Gasteiger partial charge on any atom is -0.0623 e. The molecular formula is C14H14. The largest absolute Gasteiger partial charge is 0.0623 e. The monoisotopic (exact) mass is 182 g/mol. The highest BCUT2D eigenvalue weighted by Crippen LogP contribution is 1.87. The van der Waals surface area contributed by atoms with E-state index < -0.39 is 0 Å². The summed E-state index contributed by atoms with van der Waals surface area (Å²) in [4.78, 5) is 0. The van der Waals surface area contributed by atoms with Crippen LogP contribution in [0.3, 0.4) is 0 Å². The van der Waals surface area contributed by atoms with E-state index >= 15 is 0 Å². The van der Waals surface area contributed by atoms with Gasteiger partial charge < -0.3 is 0 Å². The summed E-state index contributed by atoms with van der Waals surface area (Å²) in [6.45, 7) is 0. The molecule has 14 heavy (non-hydrogen) atoms. The summed E-state index contributed by atoms with van der Waals surface area (Å²) in [7, 11) is 0. The number of benzene rings is 1. The number of hydrogen-bond donors (Lipinski definition) is 0. The van der Waals surface area contributed by atoms with Gasteiger partial charge in [-0.05, 0) is 0 Å². The van der Waals surface area contributed by atoms with E-state index in [9.17, 15) is 0 Å². The summed E-state index contributed by atoms with van der Waals surface area (Å²) in [5.74, 6) is 0. The second-order valence-electron chi connectivity index (χ2n) is 2.69. The van der Waals surface area contributed by atoms with Gasteiger partial charge in [0.15, 0.2) is 0 Å². The maximum Gasteiger partial charge on any atom is -0.0623 e. The fourth-order valence-electron chi connectivity index (χ4n) is 0.898. The van der Waals surface area contributed by atoms with Crippen molar-refractivity contribution in [2.75, 3.05) is 0 Å². The predicted octanol–water partition coefficient (Wildman–Crippen LogP) is 3.91. The van der Waals surface area contributed by atoms with Gasteiger partial charge in [0, 0.05) is 0 Å². The summed E-state index contributed by atoms with van der Waals surface area (Å²) in [6.07, 6.45) is 16.0. The van der Waals surface area contributed by atoms with Crippen LogP contribution in [-0.2, 0) is 0 Å². The van der Waals surface area contributed by atoms with Crippen LogP contribution in [0, 0.1) is 0 Å². The first-order valence-corrected chi connectivity index (χ1v) is 4.67. The molecule has 1 aromatic rings. The Bertz CT molecular complexity index is 244. The van der Waals surface area contributed by atoms with E-state index in [-0.39, 0.29) is 0 Å². The van der Waals surface area contributed by atoms with Crippen molar-refractivity contribution in [2.24, 2.45) is 0 Å². The van der Waals surface area contributed by atoms with Crippen molar-refractivity contribution in [1.29, 1.82) is 0 Å². The van der Waals surface area contributed by atoms with E-state index in [0.717, 1.165) is 0 Å². The molecule has 0 unspecified atom stereocenters. The molecule has 1 aliphatic carbocycles. The standard InChI is InChI=1S/C8H8.C6H6/c1-2-4-6-8-7-5-3-1;1-2-4-6-5-3-1/h1-8H;1-6H. The van der Waals surface area contributed by atoms with Crippen molar-refractivity contribution >= 4 is 0 Å². The zero-order chi connectivity index (χ0) is 9.90. The Hall–Kier alpha value is -1.82. The lowest BCUT2D eigenvalue weighted by Crippen LogP contribution is -1.55. The van der Waals surface area contributed by atoms with Crippen molar-refractivity contribution in [3.63, 3.8) is 0 Å². The van der Waals surface area contributed by atoms with Crippen LogP contribution in [0.25, 0.3) is 0 Å². The second kappa shape index (κ2) is 7.81. The highest BCUT2D eigenvalue weighted by atomic mass is 13.7. The third-order valence-electron chi connectivity index (χ3n) is 1.56. The van der Waals surface area contributed by atoms with Crippen LogP contribution in [0.15, 0.2) is 85.0 Å². The third-order valence-corrected chi connectivity index (χ3v) is 1.56. The Morgan fingerprint density at radius 2 is 0.357 bits per heavy atom. The molecule has 70 valence electrons. The van der Waals surface area contributed by atoms with Crippen molar-refractivity contribution in [3.05, 3.63) is 85.0 Å². The molecule has 0 N–H and O–H groups in total. The summed E-state index contributed by atoms with van der Waals surface area (Å²) in [6, 6.07) is 12.0. The lowest BCUT2D eigenvalue weighted by atomic mass is 10.3. The van der Waals surface area contributed by atoms with Crippen molar-refractivity contribution < 1.29 is 0 Å². The average molecular weight is 182 g/mol. The molecule has 0 aromatic heterocycles. The molecule has 0 nitrogen and oxygen atoms in total. The van der Waals surface area contributed by atoms with Gasteiger partial charge in [-0.2, -0.15) is 0 Å². The Labute approximate surface area is 85.6 Å². The Morgan fingerprint density at radius 1 is 0.214 bits per heavy atom. The van der Waals surface area contributed by atoms with E-state index in [4.69, 9.17) is 0 Å². The van der Waals surface area contributed by atoms with E-state index in [0.29, 0.717) is 0 Å². The van der Waals surface area contributed by atoms with E-state index in [1.165, 1.54) is 0 Å². The summed E-state index contributed by atoms with van der Waals surface area (Å²) in [5.41, 5.74) is 0. The van der Waals surface area contributed by atoms with Crippen LogP contribution >= 0.6 is 0 Å². The SMILES string of the molecule is C1=CC=CC=CC=C1.c1ccccc1. The van der Waals surface area contributed by atoms with Crippen molar-refractivity contribution in [1.82, 2.24) is 0 Å². The highest BCUT2D eigenvalue weighted by molar-refractivity contribution is 5.23. The highest BCUT2D eigenvalue weighted by Gasteiger charge is 1.65. The molecule has 0 amide bonds. The normalized spacial score (nSPS) is 12.6. The van der Waals surface area contributed by atoms with Gasteiger partial charge in [-0.15, -0.1) is 0 Å². The molecule has 0 atom stereocenters. The predicted molar refractivity (Wildman–Crippen MR) is 63.0 cm³/mol. The zero-order valence-corrected chi connectivity index (χ0v) is 8.08. The molecule has 1 aliphatic rings. The smallest absolute Gasteiger partial charge is 0.0623 e. The first-order valence-electron chi connectivity index (χ1n) is 4.67. The summed E-state index contributed by atoms with van der Waals surface area (Å²) >= 11 is 0. The molecule has 0 heterocycles. The van der Waals surface area contributed by atoms with Gasteiger partial charge in [0.2, 0.25) is 0 Å². The molecule has 0 radical (unpaired) electrons. The van der Waals surface area contributed by atoms with Gasteiger partial charge in [-0.3, -0.25) is 0 Å². The molecule has 0 saturated heterocycles. The topological polar surface area (TPSA) is 0 Å². The quantitative estimate of drug-likeness (QED) is 0.570. The molecule has 1 aromatic carbocycles. The zero-order valence-electron chi connectivity index (χ0n) is 8.08. The molecule has 0 heteroatoms. The lowest BCUT2D eigenvalue weighted by molar-refractivity contribution is 1.72. The first-order chi connectivity index (χ1) is 7.00. The second-order valence-corrected chi connectivity index (χ2v) is 2.69. The number of allylic oxidation sites excluding steroid dienone is 8. The molecule has 0 aliphatic heterocycles. The Balaban J connectivity index is 0.000000146. The van der Waals surface area contributed by atoms with Gasteiger partial charge in [-0.25, -0.2) is 0 Å². The molecule has 2 rings (SSSR count). The van der Waals surface area contributed by atoms with Crippen LogP contribution in [0.1, 0.15) is 0 Å². The van der Waals surface area contributed by atoms with E-state index in [1.54, 1.807) is 0 Å². The summed E-state index contributed by atoms with van der Waals surface area (Å²) in [5, 5.41) is 0. The Morgan fingerprint density at radius 3 is 0.500 bits per heavy atom. The summed E-state index contributed by atoms with van der Waals surface area (Å²) < 4.78 is 0. The van der Waals surface area contributed by atoms with Gasteiger partial charge in [0.05, 0.1) is 0 Å². The van der Waals surface area contributed by atoms with Crippen LogP contribution in [0.2, 0.25) is 0 Å². The third kappa shape index (κ3) is 5.78. The molecule has 0 fully saturated rings. The number of hydrogen-bond acceptors (Lipinski definition) is 0. The van der Waals surface area contributed by atoms with E-state index in [1.807, 2.05) is 85.0 Å². The molecule has 0 spiro atoms. The van der Waals surface area contributed by atoms with Gasteiger partial charge >= 0.3 is 0 Å². The lowest BCUT2D eigenvalue weighted by Gasteiger charge is -1.77. The molecule has 0 saturated carbocycles. The first kappa shape index (κ1) is 10.3. The maximum absolute atomic E-state index is 2.00. The maximum atomic E-state index is 2.00. The van der Waals surface area contributed by atoms with Gasteiger partial charge in [0.1, 0.15) is 0 Å². The fourth-order valence-corrected chi connectivity index (χ4v) is 0.898. The van der Waals surface area contributed by atoms with Crippen LogP contribution in [0.4, 0.5) is 0 Å². The van der Waals surface area contributed by atoms with Gasteiger partial charge in [-0.1, -0.05) is 85.0 Å². The van der Waals surface area contributed by atoms with Gasteiger partial charge in [0.25, 0.3) is 0 Å². The van der Waals surface area contributed by atoms with Crippen LogP contribution in [0.5, 0.6) is 0 Å². The average Bonchev–Trinajstić information content (AvgIpc) is 2.20. The molecule has 0 bridgehead atoms. The number of rotatable bonds is 0. The minimum absolute atomic E-state index is 2.00. The fraction of sp³-hybridized carbons (Fsp3) is 0.